The van der Waals surface area contributed by atoms with Crippen LogP contribution in [0.15, 0.2) is 18.2 Å². The fraction of sp³-hybridized carbons (Fsp3) is 0.462. The summed E-state index contributed by atoms with van der Waals surface area (Å²) in [5, 5.41) is 9.64. The van der Waals surface area contributed by atoms with Crippen molar-refractivity contribution in [1.29, 1.82) is 0 Å². The van der Waals surface area contributed by atoms with Crippen molar-refractivity contribution in [2.24, 2.45) is 0 Å². The summed E-state index contributed by atoms with van der Waals surface area (Å²) < 4.78 is 5.37. The molecule has 0 amide bonds. The molecule has 3 heteroatoms. The first kappa shape index (κ1) is 11.1. The molecule has 0 saturated carbocycles. The van der Waals surface area contributed by atoms with Gasteiger partial charge in [0, 0.05) is 12.0 Å². The number of ketones is 1. The number of carbonyl (C=O) groups is 1. The fourth-order valence-electron chi connectivity index (χ4n) is 1.94. The number of aliphatic hydroxyl groups is 1. The van der Waals surface area contributed by atoms with Crippen molar-refractivity contribution in [1.82, 2.24) is 0 Å². The monoisotopic (exact) mass is 220 g/mol. The Kier molecular flexibility index (Phi) is 3.25. The van der Waals surface area contributed by atoms with Crippen LogP contribution in [0.25, 0.3) is 0 Å². The van der Waals surface area contributed by atoms with E-state index in [0.29, 0.717) is 18.6 Å². The van der Waals surface area contributed by atoms with Crippen molar-refractivity contribution < 1.29 is 14.6 Å². The van der Waals surface area contributed by atoms with E-state index in [2.05, 4.69) is 0 Å². The topological polar surface area (TPSA) is 46.5 Å². The van der Waals surface area contributed by atoms with Gasteiger partial charge in [-0.1, -0.05) is 13.3 Å². The molecule has 1 unspecified atom stereocenters. The van der Waals surface area contributed by atoms with Crippen molar-refractivity contribution in [2.45, 2.75) is 32.3 Å². The standard InChI is InChI=1S/C13H16O3/c1-2-3-11(14)13(15)10-4-5-12-9(8-10)6-7-16-12/h4-5,8,11,14H,2-3,6-7H2,1H3. The Balaban J connectivity index is 2.18. The normalized spacial score (nSPS) is 15.4. The molecule has 0 aliphatic carbocycles. The van der Waals surface area contributed by atoms with E-state index in [4.69, 9.17) is 4.74 Å². The molecule has 0 radical (unpaired) electrons. The molecule has 2 rings (SSSR count). The zero-order valence-electron chi connectivity index (χ0n) is 9.40. The van der Waals surface area contributed by atoms with Gasteiger partial charge in [-0.05, 0) is 30.2 Å². The van der Waals surface area contributed by atoms with E-state index in [9.17, 15) is 9.90 Å². The van der Waals surface area contributed by atoms with Crippen molar-refractivity contribution >= 4 is 5.78 Å². The zero-order chi connectivity index (χ0) is 11.5. The minimum absolute atomic E-state index is 0.184. The molecule has 1 N–H and O–H groups in total. The summed E-state index contributed by atoms with van der Waals surface area (Å²) in [6, 6.07) is 5.38. The molecule has 0 spiro atoms. The number of carbonyl (C=O) groups excluding carboxylic acids is 1. The molecule has 1 atom stereocenters. The third-order valence-corrected chi connectivity index (χ3v) is 2.84. The SMILES string of the molecule is CCCC(O)C(=O)c1ccc2c(c1)CCO2. The largest absolute Gasteiger partial charge is 0.493 e. The van der Waals surface area contributed by atoms with E-state index >= 15 is 0 Å². The molecule has 86 valence electrons. The van der Waals surface area contributed by atoms with Crippen LogP contribution in [-0.2, 0) is 6.42 Å². The second kappa shape index (κ2) is 4.66. The quantitative estimate of drug-likeness (QED) is 0.789. The lowest BCUT2D eigenvalue weighted by molar-refractivity contribution is 0.0729. The first-order valence-electron chi connectivity index (χ1n) is 5.70. The molecular weight excluding hydrogens is 204 g/mol. The van der Waals surface area contributed by atoms with Crippen LogP contribution in [0.2, 0.25) is 0 Å². The van der Waals surface area contributed by atoms with Crippen molar-refractivity contribution in [3.63, 3.8) is 0 Å². The summed E-state index contributed by atoms with van der Waals surface area (Å²) in [6.45, 7) is 2.64. The van der Waals surface area contributed by atoms with Crippen LogP contribution >= 0.6 is 0 Å². The third-order valence-electron chi connectivity index (χ3n) is 2.84. The van der Waals surface area contributed by atoms with Gasteiger partial charge in [0.15, 0.2) is 5.78 Å². The predicted octanol–water partition coefficient (Wildman–Crippen LogP) is 1.97. The van der Waals surface area contributed by atoms with Crippen LogP contribution in [0, 0.1) is 0 Å². The van der Waals surface area contributed by atoms with Gasteiger partial charge >= 0.3 is 0 Å². The molecule has 0 aromatic heterocycles. The lowest BCUT2D eigenvalue weighted by Crippen LogP contribution is -2.20. The fourth-order valence-corrected chi connectivity index (χ4v) is 1.94. The maximum absolute atomic E-state index is 11.8. The van der Waals surface area contributed by atoms with Crippen molar-refractivity contribution in [3.05, 3.63) is 29.3 Å². The number of aliphatic hydroxyl groups excluding tert-OH is 1. The Morgan fingerprint density at radius 3 is 3.12 bits per heavy atom. The first-order valence-corrected chi connectivity index (χ1v) is 5.70. The number of ether oxygens (including phenoxy) is 1. The number of hydrogen-bond acceptors (Lipinski definition) is 3. The molecule has 1 aromatic rings. The molecule has 0 fully saturated rings. The molecule has 16 heavy (non-hydrogen) atoms. The Hall–Kier alpha value is -1.35. The van der Waals surface area contributed by atoms with Crippen LogP contribution in [0.5, 0.6) is 5.75 Å². The lowest BCUT2D eigenvalue weighted by Gasteiger charge is -2.08. The predicted molar refractivity (Wildman–Crippen MR) is 60.9 cm³/mol. The van der Waals surface area contributed by atoms with Gasteiger partial charge in [0.2, 0.25) is 0 Å². The van der Waals surface area contributed by atoms with E-state index in [0.717, 1.165) is 24.2 Å². The van der Waals surface area contributed by atoms with Gasteiger partial charge in [0.25, 0.3) is 0 Å². The van der Waals surface area contributed by atoms with E-state index in [1.807, 2.05) is 19.1 Å². The van der Waals surface area contributed by atoms with Crippen molar-refractivity contribution in [2.75, 3.05) is 6.61 Å². The van der Waals surface area contributed by atoms with E-state index in [1.165, 1.54) is 0 Å². The minimum atomic E-state index is -0.870. The van der Waals surface area contributed by atoms with Crippen LogP contribution in [0.1, 0.15) is 35.7 Å². The highest BCUT2D eigenvalue weighted by molar-refractivity contribution is 5.99. The molecule has 0 bridgehead atoms. The third kappa shape index (κ3) is 2.09. The number of benzene rings is 1. The van der Waals surface area contributed by atoms with Gasteiger partial charge in [-0.3, -0.25) is 4.79 Å². The Morgan fingerprint density at radius 1 is 1.56 bits per heavy atom. The van der Waals surface area contributed by atoms with Gasteiger partial charge in [-0.2, -0.15) is 0 Å². The Bertz CT molecular complexity index is 398. The summed E-state index contributed by atoms with van der Waals surface area (Å²) in [5.41, 5.74) is 1.65. The highest BCUT2D eigenvalue weighted by Gasteiger charge is 2.19. The maximum Gasteiger partial charge on any atom is 0.191 e. The molecule has 1 aliphatic heterocycles. The zero-order valence-corrected chi connectivity index (χ0v) is 9.40. The summed E-state index contributed by atoms with van der Waals surface area (Å²) in [5.74, 6) is 0.679. The second-order valence-electron chi connectivity index (χ2n) is 4.09. The molecule has 1 aliphatic rings. The van der Waals surface area contributed by atoms with Gasteiger partial charge in [-0.25, -0.2) is 0 Å². The lowest BCUT2D eigenvalue weighted by atomic mass is 10.0. The van der Waals surface area contributed by atoms with Gasteiger partial charge in [0.1, 0.15) is 11.9 Å². The molecule has 3 nitrogen and oxygen atoms in total. The number of fused-ring (bicyclic) bond motifs is 1. The van der Waals surface area contributed by atoms with Gasteiger partial charge in [-0.15, -0.1) is 0 Å². The Morgan fingerprint density at radius 2 is 2.38 bits per heavy atom. The number of rotatable bonds is 4. The summed E-state index contributed by atoms with van der Waals surface area (Å²) in [7, 11) is 0. The van der Waals surface area contributed by atoms with E-state index in [1.54, 1.807) is 6.07 Å². The Labute approximate surface area is 95.0 Å². The maximum atomic E-state index is 11.8. The summed E-state index contributed by atoms with van der Waals surface area (Å²) >= 11 is 0. The molecule has 0 saturated heterocycles. The van der Waals surface area contributed by atoms with E-state index < -0.39 is 6.10 Å². The second-order valence-corrected chi connectivity index (χ2v) is 4.09. The summed E-state index contributed by atoms with van der Waals surface area (Å²) in [4.78, 5) is 11.8. The van der Waals surface area contributed by atoms with Crippen LogP contribution in [0.4, 0.5) is 0 Å². The van der Waals surface area contributed by atoms with Gasteiger partial charge < -0.3 is 9.84 Å². The minimum Gasteiger partial charge on any atom is -0.493 e. The van der Waals surface area contributed by atoms with Gasteiger partial charge in [0.05, 0.1) is 6.61 Å². The first-order chi connectivity index (χ1) is 7.72. The van der Waals surface area contributed by atoms with Crippen LogP contribution in [-0.4, -0.2) is 23.6 Å². The smallest absolute Gasteiger partial charge is 0.191 e. The number of Topliss-reactive ketones (excluding diaryl/α,β-unsaturated/α-hetero) is 1. The average molecular weight is 220 g/mol. The molecule has 1 heterocycles. The van der Waals surface area contributed by atoms with Crippen LogP contribution < -0.4 is 4.74 Å². The van der Waals surface area contributed by atoms with Crippen LogP contribution in [0.3, 0.4) is 0 Å². The van der Waals surface area contributed by atoms with E-state index in [-0.39, 0.29) is 5.78 Å². The highest BCUT2D eigenvalue weighted by atomic mass is 16.5. The van der Waals surface area contributed by atoms with Crippen molar-refractivity contribution in [3.8, 4) is 5.75 Å². The number of hydrogen-bond donors (Lipinski definition) is 1. The molecular formula is C13H16O3. The molecule has 1 aromatic carbocycles. The summed E-state index contributed by atoms with van der Waals surface area (Å²) in [6.07, 6.45) is 1.30. The highest BCUT2D eigenvalue weighted by Crippen LogP contribution is 2.26. The average Bonchev–Trinajstić information content (AvgIpc) is 2.75.